The minimum atomic E-state index is -3.47. The molecule has 144 valence electrons. The van der Waals surface area contributed by atoms with E-state index in [0.29, 0.717) is 32.1 Å². The van der Waals surface area contributed by atoms with Crippen LogP contribution in [-0.2, 0) is 34.3 Å². The smallest absolute Gasteiger partial charge is 0.482 e. The number of carbonyl (C=O) groups excluding carboxylic acids is 2. The summed E-state index contributed by atoms with van der Waals surface area (Å²) in [6.45, 7) is 6.17. The lowest BCUT2D eigenvalue weighted by molar-refractivity contribution is -0.239. The lowest BCUT2D eigenvalue weighted by atomic mass is 10.2. The van der Waals surface area contributed by atoms with Crippen LogP contribution < -0.4 is 0 Å². The van der Waals surface area contributed by atoms with Crippen molar-refractivity contribution in [1.82, 2.24) is 0 Å². The summed E-state index contributed by atoms with van der Waals surface area (Å²) < 4.78 is 23.6. The number of rotatable bonds is 8. The molecule has 0 amide bonds. The molecule has 1 aromatic carbocycles. The SMILES string of the molecule is CCC[Si](OC(C)=O)(OC(=O)Cc1ccccc1)C1(CC)OCCCO1. The second-order valence-corrected chi connectivity index (χ2v) is 9.57. The van der Waals surface area contributed by atoms with Crippen molar-refractivity contribution in [3.63, 3.8) is 0 Å². The maximum absolute atomic E-state index is 12.7. The van der Waals surface area contributed by atoms with Crippen molar-refractivity contribution >= 4 is 20.5 Å². The molecule has 1 aromatic rings. The second kappa shape index (κ2) is 9.30. The number of carbonyl (C=O) groups is 2. The Bertz CT molecular complexity index is 599. The molecule has 0 radical (unpaired) electrons. The first kappa shape index (κ1) is 20.6. The highest BCUT2D eigenvalue weighted by Gasteiger charge is 2.65. The largest absolute Gasteiger partial charge is 0.526 e. The van der Waals surface area contributed by atoms with Gasteiger partial charge in [0.15, 0.2) is 0 Å². The Morgan fingerprint density at radius 3 is 2.31 bits per heavy atom. The summed E-state index contributed by atoms with van der Waals surface area (Å²) in [7, 11) is -3.47. The highest BCUT2D eigenvalue weighted by molar-refractivity contribution is 6.73. The minimum Gasteiger partial charge on any atom is -0.482 e. The summed E-state index contributed by atoms with van der Waals surface area (Å²) in [5, 5.41) is 0. The van der Waals surface area contributed by atoms with E-state index in [1.807, 2.05) is 44.2 Å². The van der Waals surface area contributed by atoms with Gasteiger partial charge in [0.1, 0.15) is 0 Å². The highest BCUT2D eigenvalue weighted by atomic mass is 28.4. The van der Waals surface area contributed by atoms with Gasteiger partial charge in [0, 0.05) is 19.4 Å². The van der Waals surface area contributed by atoms with Crippen LogP contribution in [0.2, 0.25) is 6.04 Å². The zero-order chi connectivity index (χ0) is 19.0. The molecule has 0 saturated carbocycles. The number of hydrogen-bond donors (Lipinski definition) is 0. The molecular formula is C19H28O6Si. The Morgan fingerprint density at radius 1 is 1.12 bits per heavy atom. The fraction of sp³-hybridized carbons (Fsp3) is 0.579. The van der Waals surface area contributed by atoms with Gasteiger partial charge in [-0.25, -0.2) is 0 Å². The third-order valence-corrected chi connectivity index (χ3v) is 8.50. The van der Waals surface area contributed by atoms with Crippen LogP contribution in [0, 0.1) is 0 Å². The predicted octanol–water partition coefficient (Wildman–Crippen LogP) is 3.27. The number of hydrogen-bond acceptors (Lipinski definition) is 6. The fourth-order valence-electron chi connectivity index (χ4n) is 3.28. The van der Waals surface area contributed by atoms with E-state index < -0.39 is 25.9 Å². The monoisotopic (exact) mass is 380 g/mol. The molecule has 1 aliphatic heterocycles. The zero-order valence-corrected chi connectivity index (χ0v) is 16.8. The summed E-state index contributed by atoms with van der Waals surface area (Å²) in [5.41, 5.74) is -0.310. The van der Waals surface area contributed by atoms with Crippen LogP contribution in [0.5, 0.6) is 0 Å². The minimum absolute atomic E-state index is 0.111. The van der Waals surface area contributed by atoms with E-state index in [2.05, 4.69) is 0 Å². The topological polar surface area (TPSA) is 71.1 Å². The van der Waals surface area contributed by atoms with E-state index in [1.165, 1.54) is 6.92 Å². The third-order valence-electron chi connectivity index (χ3n) is 4.36. The molecule has 6 nitrogen and oxygen atoms in total. The average Bonchev–Trinajstić information content (AvgIpc) is 2.62. The van der Waals surface area contributed by atoms with Gasteiger partial charge in [-0.3, -0.25) is 9.59 Å². The fourth-order valence-corrected chi connectivity index (χ4v) is 6.96. The van der Waals surface area contributed by atoms with Gasteiger partial charge in [-0.15, -0.1) is 0 Å². The highest BCUT2D eigenvalue weighted by Crippen LogP contribution is 2.38. The van der Waals surface area contributed by atoms with Crippen molar-refractivity contribution in [3.8, 4) is 0 Å². The van der Waals surface area contributed by atoms with Gasteiger partial charge >= 0.3 is 8.56 Å². The Kier molecular flexibility index (Phi) is 7.37. The molecule has 1 atom stereocenters. The van der Waals surface area contributed by atoms with Crippen LogP contribution in [-0.4, -0.2) is 39.1 Å². The Balaban J connectivity index is 2.31. The molecule has 0 bridgehead atoms. The lowest BCUT2D eigenvalue weighted by Gasteiger charge is -2.45. The van der Waals surface area contributed by atoms with Crippen LogP contribution in [0.25, 0.3) is 0 Å². The van der Waals surface area contributed by atoms with E-state index in [-0.39, 0.29) is 6.42 Å². The molecule has 0 spiro atoms. The van der Waals surface area contributed by atoms with E-state index >= 15 is 0 Å². The zero-order valence-electron chi connectivity index (χ0n) is 15.8. The van der Waals surface area contributed by atoms with E-state index in [4.69, 9.17) is 18.3 Å². The standard InChI is InChI=1S/C19H28O6Si/c1-4-14-26(24-16(3)20,19(5-2)22-12-9-13-23-19)25-18(21)15-17-10-7-6-8-11-17/h6-8,10-11H,4-5,9,12-15H2,1-3H3. The summed E-state index contributed by atoms with van der Waals surface area (Å²) in [5.74, 6) is -0.911. The maximum atomic E-state index is 12.7. The van der Waals surface area contributed by atoms with Gasteiger partial charge in [0.05, 0.1) is 19.6 Å². The summed E-state index contributed by atoms with van der Waals surface area (Å²) >= 11 is 0. The van der Waals surface area contributed by atoms with Crippen molar-refractivity contribution in [2.45, 2.75) is 57.9 Å². The van der Waals surface area contributed by atoms with Gasteiger partial charge in [-0.05, 0) is 12.0 Å². The summed E-state index contributed by atoms with van der Waals surface area (Å²) in [6.07, 6.45) is 2.01. The Hall–Kier alpha value is -1.70. The molecule has 0 aliphatic carbocycles. The van der Waals surface area contributed by atoms with Crippen LogP contribution in [0.15, 0.2) is 30.3 Å². The molecule has 1 aliphatic rings. The van der Waals surface area contributed by atoms with Crippen LogP contribution in [0.4, 0.5) is 0 Å². The lowest BCUT2D eigenvalue weighted by Crippen LogP contribution is -2.68. The van der Waals surface area contributed by atoms with Gasteiger partial charge in [0.25, 0.3) is 11.9 Å². The van der Waals surface area contributed by atoms with Crippen molar-refractivity contribution in [2.75, 3.05) is 13.2 Å². The third kappa shape index (κ3) is 4.72. The van der Waals surface area contributed by atoms with Gasteiger partial charge < -0.3 is 18.3 Å². The van der Waals surface area contributed by atoms with Crippen molar-refractivity contribution in [2.24, 2.45) is 0 Å². The quantitative estimate of drug-likeness (QED) is 0.645. The number of benzene rings is 1. The van der Waals surface area contributed by atoms with Gasteiger partial charge in [0.2, 0.25) is 5.41 Å². The Morgan fingerprint density at radius 2 is 1.77 bits per heavy atom. The second-order valence-electron chi connectivity index (χ2n) is 6.39. The van der Waals surface area contributed by atoms with Gasteiger partial charge in [-0.2, -0.15) is 0 Å². The molecule has 26 heavy (non-hydrogen) atoms. The average molecular weight is 381 g/mol. The first-order valence-corrected chi connectivity index (χ1v) is 11.2. The molecule has 1 fully saturated rings. The van der Waals surface area contributed by atoms with E-state index in [0.717, 1.165) is 12.0 Å². The van der Waals surface area contributed by atoms with Crippen molar-refractivity contribution in [1.29, 1.82) is 0 Å². The molecule has 1 heterocycles. The van der Waals surface area contributed by atoms with Crippen molar-refractivity contribution in [3.05, 3.63) is 35.9 Å². The van der Waals surface area contributed by atoms with E-state index in [9.17, 15) is 9.59 Å². The molecule has 2 rings (SSSR count). The summed E-state index contributed by atoms with van der Waals surface area (Å²) in [6, 6.07) is 9.78. The molecule has 0 aromatic heterocycles. The van der Waals surface area contributed by atoms with Crippen molar-refractivity contribution < 1.29 is 27.9 Å². The first-order valence-electron chi connectivity index (χ1n) is 9.20. The molecule has 7 heteroatoms. The summed E-state index contributed by atoms with van der Waals surface area (Å²) in [4.78, 5) is 24.6. The molecule has 1 saturated heterocycles. The maximum Gasteiger partial charge on any atom is 0.526 e. The van der Waals surface area contributed by atoms with Crippen LogP contribution in [0.1, 0.15) is 45.6 Å². The molecule has 0 N–H and O–H groups in total. The van der Waals surface area contributed by atoms with Crippen LogP contribution >= 0.6 is 0 Å². The number of ether oxygens (including phenoxy) is 2. The molecular weight excluding hydrogens is 352 g/mol. The normalized spacial score (nSPS) is 18.6. The first-order chi connectivity index (χ1) is 12.5. The van der Waals surface area contributed by atoms with Gasteiger partial charge in [-0.1, -0.05) is 50.6 Å². The van der Waals surface area contributed by atoms with E-state index in [1.54, 1.807) is 0 Å². The predicted molar refractivity (Wildman–Crippen MR) is 98.4 cm³/mol. The Labute approximate surface area is 156 Å². The van der Waals surface area contributed by atoms with Crippen LogP contribution in [0.3, 0.4) is 0 Å². The molecule has 1 unspecified atom stereocenters.